The maximum absolute atomic E-state index is 11.2. The molecule has 0 aromatic heterocycles. The first-order chi connectivity index (χ1) is 8.87. The van der Waals surface area contributed by atoms with E-state index in [0.717, 1.165) is 0 Å². The molecule has 0 aromatic rings. The van der Waals surface area contributed by atoms with Crippen LogP contribution in [0.15, 0.2) is 0 Å². The van der Waals surface area contributed by atoms with E-state index in [2.05, 4.69) is 9.05 Å². The summed E-state index contributed by atoms with van der Waals surface area (Å²) < 4.78 is 28.7. The summed E-state index contributed by atoms with van der Waals surface area (Å²) in [7, 11) is -10.2. The van der Waals surface area contributed by atoms with Crippen molar-refractivity contribution in [3.05, 3.63) is 0 Å². The first kappa shape index (κ1) is 19.8. The van der Waals surface area contributed by atoms with E-state index < -0.39 is 53.0 Å². The molecule has 0 aliphatic heterocycles. The zero-order valence-electron chi connectivity index (χ0n) is 9.71. The van der Waals surface area contributed by atoms with Gasteiger partial charge in [0.2, 0.25) is 0 Å². The van der Waals surface area contributed by atoms with Gasteiger partial charge in [0, 0.05) is 0 Å². The molecule has 0 aliphatic carbocycles. The number of Topliss-reactive ketones (excluding diaryl/α,β-unsaturated/α-hetero) is 1. The van der Waals surface area contributed by atoms with Crippen LogP contribution in [0.1, 0.15) is 0 Å². The Hall–Kier alpha value is -0.230. The van der Waals surface area contributed by atoms with Crippen molar-refractivity contribution < 1.29 is 57.9 Å². The molecule has 12 nitrogen and oxygen atoms in total. The Balaban J connectivity index is 4.85. The van der Waals surface area contributed by atoms with E-state index in [1.807, 2.05) is 0 Å². The van der Waals surface area contributed by atoms with Crippen molar-refractivity contribution in [2.45, 2.75) is 18.3 Å². The molecule has 14 heteroatoms. The van der Waals surface area contributed by atoms with Crippen LogP contribution in [0, 0.1) is 0 Å². The second-order valence-electron chi connectivity index (χ2n) is 3.49. The molecule has 0 spiro atoms. The van der Waals surface area contributed by atoms with E-state index >= 15 is 0 Å². The molecule has 0 saturated heterocycles. The molecular weight excluding hydrogens is 326 g/mol. The molecule has 0 aromatic carbocycles. The van der Waals surface area contributed by atoms with Crippen molar-refractivity contribution >= 4 is 21.4 Å². The van der Waals surface area contributed by atoms with Gasteiger partial charge in [-0.2, -0.15) is 0 Å². The Morgan fingerprint density at radius 2 is 1.55 bits per heavy atom. The van der Waals surface area contributed by atoms with Crippen LogP contribution in [0.3, 0.4) is 0 Å². The summed E-state index contributed by atoms with van der Waals surface area (Å²) in [4.78, 5) is 44.9. The number of aliphatic hydroxyl groups is 3. The average Bonchev–Trinajstić information content (AvgIpc) is 2.29. The summed E-state index contributed by atoms with van der Waals surface area (Å²) in [6.45, 7) is -2.40. The quantitative estimate of drug-likeness (QED) is 0.207. The van der Waals surface area contributed by atoms with Crippen LogP contribution in [0.25, 0.3) is 0 Å². The molecule has 0 rings (SSSR count). The summed E-state index contributed by atoms with van der Waals surface area (Å²) in [5.74, 6) is -1.36. The number of carbonyl (C=O) groups is 1. The minimum absolute atomic E-state index is 1.15. The van der Waals surface area contributed by atoms with Gasteiger partial charge in [0.25, 0.3) is 0 Å². The predicted molar refractivity (Wildman–Crippen MR) is 59.0 cm³/mol. The van der Waals surface area contributed by atoms with Gasteiger partial charge in [-0.25, -0.2) is 9.13 Å². The van der Waals surface area contributed by atoms with E-state index in [1.165, 1.54) is 0 Å². The molecule has 3 atom stereocenters. The minimum Gasteiger partial charge on any atom is -0.388 e. The van der Waals surface area contributed by atoms with Crippen LogP contribution in [-0.2, 0) is 23.0 Å². The molecule has 0 bridgehead atoms. The summed E-state index contributed by atoms with van der Waals surface area (Å²) in [6, 6.07) is 0. The van der Waals surface area contributed by atoms with Crippen molar-refractivity contribution in [1.82, 2.24) is 0 Å². The fourth-order valence-electron chi connectivity index (χ4n) is 1.02. The number of hydrogen-bond donors (Lipinski definition) is 7. The maximum Gasteiger partial charge on any atom is 0.470 e. The van der Waals surface area contributed by atoms with Crippen LogP contribution in [0.2, 0.25) is 0 Å². The van der Waals surface area contributed by atoms with E-state index in [1.54, 1.807) is 0 Å². The number of rotatable bonds is 9. The largest absolute Gasteiger partial charge is 0.470 e. The number of aliphatic hydroxyl groups excluding tert-OH is 3. The highest BCUT2D eigenvalue weighted by Gasteiger charge is 2.38. The third-order valence-electron chi connectivity index (χ3n) is 1.84. The molecule has 0 heterocycles. The Morgan fingerprint density at radius 1 is 1.05 bits per heavy atom. The molecule has 20 heavy (non-hydrogen) atoms. The van der Waals surface area contributed by atoms with Crippen molar-refractivity contribution in [3.8, 4) is 0 Å². The molecule has 0 unspecified atom stereocenters. The van der Waals surface area contributed by atoms with E-state index in [-0.39, 0.29) is 0 Å². The van der Waals surface area contributed by atoms with Crippen molar-refractivity contribution in [1.29, 1.82) is 0 Å². The summed E-state index contributed by atoms with van der Waals surface area (Å²) in [5.41, 5.74) is 0. The second-order valence-corrected chi connectivity index (χ2v) is 5.92. The van der Waals surface area contributed by atoms with Gasteiger partial charge in [-0.1, -0.05) is 0 Å². The van der Waals surface area contributed by atoms with Gasteiger partial charge in [0.15, 0.2) is 11.9 Å². The van der Waals surface area contributed by atoms with Crippen LogP contribution in [0.4, 0.5) is 0 Å². The van der Waals surface area contributed by atoms with Gasteiger partial charge in [-0.05, 0) is 0 Å². The highest BCUT2D eigenvalue weighted by Crippen LogP contribution is 2.39. The molecule has 0 fully saturated rings. The first-order valence-corrected chi connectivity index (χ1v) is 7.87. The van der Waals surface area contributed by atoms with Gasteiger partial charge in [0.05, 0.1) is 6.61 Å². The van der Waals surface area contributed by atoms with Crippen LogP contribution >= 0.6 is 15.6 Å². The van der Waals surface area contributed by atoms with E-state index in [9.17, 15) is 24.1 Å². The van der Waals surface area contributed by atoms with Gasteiger partial charge < -0.3 is 34.9 Å². The van der Waals surface area contributed by atoms with Crippen molar-refractivity contribution in [2.24, 2.45) is 0 Å². The van der Waals surface area contributed by atoms with Gasteiger partial charge in [0.1, 0.15) is 18.8 Å². The molecule has 7 N–H and O–H groups in total. The van der Waals surface area contributed by atoms with Crippen LogP contribution < -0.4 is 0 Å². The smallest absolute Gasteiger partial charge is 0.388 e. The Bertz CT molecular complexity index is 410. The lowest BCUT2D eigenvalue weighted by Gasteiger charge is -2.25. The topological polar surface area (TPSA) is 211 Å². The lowest BCUT2D eigenvalue weighted by atomic mass is 10.1. The van der Waals surface area contributed by atoms with Gasteiger partial charge in [-0.3, -0.25) is 13.8 Å². The number of hydrogen-bond acceptors (Lipinski definition) is 8. The molecule has 0 aliphatic rings. The molecule has 0 amide bonds. The summed E-state index contributed by atoms with van der Waals surface area (Å²) in [6.07, 6.45) is -6.72. The number of phosphoric acid groups is 2. The lowest BCUT2D eigenvalue weighted by Crippen LogP contribution is -2.46. The Labute approximate surface area is 112 Å². The number of phosphoric ester groups is 2. The minimum atomic E-state index is -5.23. The van der Waals surface area contributed by atoms with Crippen molar-refractivity contribution in [2.75, 3.05) is 13.2 Å². The maximum atomic E-state index is 11.2. The zero-order chi connectivity index (χ0) is 16.1. The number of carbonyl (C=O) groups excluding carboxylic acids is 1. The third-order valence-corrected chi connectivity index (χ3v) is 2.83. The first-order valence-electron chi connectivity index (χ1n) is 4.81. The molecule has 0 saturated carbocycles. The predicted octanol–water partition coefficient (Wildman–Crippen LogP) is -3.14. The Morgan fingerprint density at radius 3 is 1.90 bits per heavy atom. The number of ketones is 1. The average molecular weight is 340 g/mol. The van der Waals surface area contributed by atoms with Gasteiger partial charge >= 0.3 is 15.6 Å². The second kappa shape index (κ2) is 7.69. The summed E-state index contributed by atoms with van der Waals surface area (Å²) in [5, 5.41) is 27.3. The van der Waals surface area contributed by atoms with Crippen molar-refractivity contribution in [3.63, 3.8) is 0 Å². The fourth-order valence-corrected chi connectivity index (χ4v) is 1.91. The molecule has 120 valence electrons. The highest BCUT2D eigenvalue weighted by molar-refractivity contribution is 7.46. The van der Waals surface area contributed by atoms with E-state index in [0.29, 0.717) is 0 Å². The fraction of sp³-hybridized carbons (Fsp3) is 0.833. The third kappa shape index (κ3) is 8.15. The van der Waals surface area contributed by atoms with Gasteiger partial charge in [-0.15, -0.1) is 0 Å². The Kier molecular flexibility index (Phi) is 7.60. The molecular formula is C6H14O12P2. The monoisotopic (exact) mass is 340 g/mol. The SMILES string of the molecule is O=C(CO)[C@@H](OP(=O)(O)O)[C@H](O)[C@H](O)COP(=O)(O)O. The van der Waals surface area contributed by atoms with Crippen LogP contribution in [0.5, 0.6) is 0 Å². The van der Waals surface area contributed by atoms with E-state index in [4.69, 9.17) is 24.7 Å². The highest BCUT2D eigenvalue weighted by atomic mass is 31.2. The standard InChI is InChI=1S/C6H14O12P2/c7-1-3(8)6(18-20(14,15)16)5(10)4(9)2-17-19(11,12)13/h4-7,9-10H,1-2H2,(H2,11,12,13)(H2,14,15,16)/t4-,5-,6-/m1/s1. The molecule has 0 radical (unpaired) electrons. The normalized spacial score (nSPS) is 17.6. The van der Waals surface area contributed by atoms with Crippen LogP contribution in [-0.4, -0.2) is 72.2 Å². The zero-order valence-corrected chi connectivity index (χ0v) is 11.5. The lowest BCUT2D eigenvalue weighted by molar-refractivity contribution is -0.141. The summed E-state index contributed by atoms with van der Waals surface area (Å²) >= 11 is 0.